The van der Waals surface area contributed by atoms with Gasteiger partial charge in [-0.2, -0.15) is 5.10 Å². The van der Waals surface area contributed by atoms with E-state index in [1.165, 1.54) is 6.26 Å². The van der Waals surface area contributed by atoms with Crippen molar-refractivity contribution in [1.29, 1.82) is 0 Å². The molecule has 2 aromatic carbocycles. The average Bonchev–Trinajstić information content (AvgIpc) is 3.50. The highest BCUT2D eigenvalue weighted by Crippen LogP contribution is 2.19. The van der Waals surface area contributed by atoms with Crippen molar-refractivity contribution in [2.75, 3.05) is 12.4 Å². The van der Waals surface area contributed by atoms with Crippen molar-refractivity contribution in [2.45, 2.75) is 6.54 Å². The topological polar surface area (TPSA) is 122 Å². The van der Waals surface area contributed by atoms with Gasteiger partial charge in [-0.15, -0.1) is 0 Å². The van der Waals surface area contributed by atoms with E-state index in [4.69, 9.17) is 9.15 Å². The van der Waals surface area contributed by atoms with E-state index in [-0.39, 0.29) is 18.2 Å². The van der Waals surface area contributed by atoms with Crippen LogP contribution in [0.1, 0.15) is 26.7 Å². The smallest absolute Gasteiger partial charge is 0.291 e. The Labute approximate surface area is 177 Å². The Morgan fingerprint density at radius 3 is 2.65 bits per heavy atom. The van der Waals surface area contributed by atoms with Crippen LogP contribution in [0.25, 0.3) is 11.4 Å². The number of nitrogens with zero attached hydrogens (tertiary/aromatic N) is 2. The standard InChI is InChI=1S/C22H19N5O4/c1-30-17-9-7-14(8-10-17)20-25-19(26-27-20)13-23-21(28)15-4-2-5-16(12-15)24-22(29)18-6-3-11-31-18/h2-12H,13H2,1H3,(H,23,28)(H,24,29)(H,25,26,27). The maximum Gasteiger partial charge on any atom is 0.291 e. The van der Waals surface area contributed by atoms with Crippen LogP contribution in [0, 0.1) is 0 Å². The number of hydrogen-bond acceptors (Lipinski definition) is 6. The van der Waals surface area contributed by atoms with Crippen LogP contribution in [0.15, 0.2) is 71.3 Å². The molecule has 4 aromatic rings. The number of ether oxygens (including phenoxy) is 1. The molecule has 0 bridgehead atoms. The van der Waals surface area contributed by atoms with E-state index in [0.29, 0.717) is 22.9 Å². The Kier molecular flexibility index (Phi) is 5.75. The average molecular weight is 417 g/mol. The largest absolute Gasteiger partial charge is 0.497 e. The number of rotatable bonds is 7. The van der Waals surface area contributed by atoms with Gasteiger partial charge in [0.2, 0.25) is 0 Å². The maximum atomic E-state index is 12.5. The molecule has 0 aliphatic heterocycles. The summed E-state index contributed by atoms with van der Waals surface area (Å²) in [4.78, 5) is 29.0. The number of furan rings is 1. The molecule has 31 heavy (non-hydrogen) atoms. The summed E-state index contributed by atoms with van der Waals surface area (Å²) < 4.78 is 10.2. The summed E-state index contributed by atoms with van der Waals surface area (Å²) >= 11 is 0. The number of hydrogen-bond donors (Lipinski definition) is 3. The second-order valence-corrected chi connectivity index (χ2v) is 6.53. The zero-order valence-electron chi connectivity index (χ0n) is 16.6. The third-order valence-corrected chi connectivity index (χ3v) is 4.42. The quantitative estimate of drug-likeness (QED) is 0.424. The third kappa shape index (κ3) is 4.78. The second-order valence-electron chi connectivity index (χ2n) is 6.53. The second kappa shape index (κ2) is 8.95. The molecule has 0 atom stereocenters. The van der Waals surface area contributed by atoms with E-state index in [1.54, 1.807) is 43.5 Å². The Morgan fingerprint density at radius 2 is 1.90 bits per heavy atom. The SMILES string of the molecule is COc1ccc(-c2n[nH]c(CNC(=O)c3cccc(NC(=O)c4ccco4)c3)n2)cc1. The van der Waals surface area contributed by atoms with E-state index in [0.717, 1.165) is 11.3 Å². The van der Waals surface area contributed by atoms with Gasteiger partial charge < -0.3 is 19.8 Å². The molecule has 0 saturated heterocycles. The fourth-order valence-corrected chi connectivity index (χ4v) is 2.85. The number of nitrogens with one attached hydrogen (secondary N) is 3. The summed E-state index contributed by atoms with van der Waals surface area (Å²) in [5.74, 6) is 1.27. The molecule has 0 aliphatic rings. The predicted molar refractivity (Wildman–Crippen MR) is 113 cm³/mol. The Balaban J connectivity index is 1.36. The van der Waals surface area contributed by atoms with Gasteiger partial charge in [-0.25, -0.2) is 4.98 Å². The molecule has 9 heteroatoms. The zero-order valence-corrected chi connectivity index (χ0v) is 16.6. The minimum absolute atomic E-state index is 0.172. The first-order valence-corrected chi connectivity index (χ1v) is 9.41. The minimum Gasteiger partial charge on any atom is -0.497 e. The first-order valence-electron chi connectivity index (χ1n) is 9.41. The van der Waals surface area contributed by atoms with Crippen LogP contribution in [0.2, 0.25) is 0 Å². The molecule has 0 fully saturated rings. The van der Waals surface area contributed by atoms with Crippen LogP contribution < -0.4 is 15.4 Å². The van der Waals surface area contributed by atoms with Crippen molar-refractivity contribution in [3.05, 3.63) is 84.1 Å². The Bertz CT molecular complexity index is 1180. The number of carbonyl (C=O) groups is 2. The van der Waals surface area contributed by atoms with E-state index in [2.05, 4.69) is 25.8 Å². The van der Waals surface area contributed by atoms with Gasteiger partial charge in [0.25, 0.3) is 11.8 Å². The fourth-order valence-electron chi connectivity index (χ4n) is 2.85. The number of carbonyl (C=O) groups excluding carboxylic acids is 2. The lowest BCUT2D eigenvalue weighted by molar-refractivity contribution is 0.0948. The van der Waals surface area contributed by atoms with Crippen molar-refractivity contribution in [1.82, 2.24) is 20.5 Å². The van der Waals surface area contributed by atoms with Crippen LogP contribution >= 0.6 is 0 Å². The van der Waals surface area contributed by atoms with Crippen LogP contribution in [0.4, 0.5) is 5.69 Å². The minimum atomic E-state index is -0.393. The molecule has 0 spiro atoms. The summed E-state index contributed by atoms with van der Waals surface area (Å²) in [5, 5.41) is 12.5. The zero-order chi connectivity index (χ0) is 21.6. The molecule has 0 saturated carbocycles. The van der Waals surface area contributed by atoms with Gasteiger partial charge in [-0.1, -0.05) is 6.07 Å². The lowest BCUT2D eigenvalue weighted by Crippen LogP contribution is -2.23. The van der Waals surface area contributed by atoms with E-state index >= 15 is 0 Å². The van der Waals surface area contributed by atoms with E-state index in [1.807, 2.05) is 24.3 Å². The maximum absolute atomic E-state index is 12.5. The highest BCUT2D eigenvalue weighted by atomic mass is 16.5. The number of anilines is 1. The fraction of sp³-hybridized carbons (Fsp3) is 0.0909. The predicted octanol–water partition coefficient (Wildman–Crippen LogP) is 3.26. The normalized spacial score (nSPS) is 10.5. The summed E-state index contributed by atoms with van der Waals surface area (Å²) in [5.41, 5.74) is 1.71. The highest BCUT2D eigenvalue weighted by Gasteiger charge is 2.12. The number of methoxy groups -OCH3 is 1. The van der Waals surface area contributed by atoms with Gasteiger partial charge in [0, 0.05) is 16.8 Å². The van der Waals surface area contributed by atoms with Crippen LogP contribution in [0.3, 0.4) is 0 Å². The van der Waals surface area contributed by atoms with Gasteiger partial charge in [-0.3, -0.25) is 14.7 Å². The summed E-state index contributed by atoms with van der Waals surface area (Å²) in [7, 11) is 1.60. The highest BCUT2D eigenvalue weighted by molar-refractivity contribution is 6.03. The van der Waals surface area contributed by atoms with Gasteiger partial charge in [-0.05, 0) is 54.6 Å². The van der Waals surface area contributed by atoms with Gasteiger partial charge in [0.05, 0.1) is 19.9 Å². The van der Waals surface area contributed by atoms with E-state index < -0.39 is 5.91 Å². The molecule has 156 valence electrons. The third-order valence-electron chi connectivity index (χ3n) is 4.42. The van der Waals surface area contributed by atoms with Crippen molar-refractivity contribution in [2.24, 2.45) is 0 Å². The number of aromatic amines is 1. The molecule has 3 N–H and O–H groups in total. The molecule has 2 amide bonds. The van der Waals surface area contributed by atoms with Crippen LogP contribution in [-0.4, -0.2) is 34.1 Å². The molecule has 2 heterocycles. The van der Waals surface area contributed by atoms with Crippen molar-refractivity contribution >= 4 is 17.5 Å². The molecule has 4 rings (SSSR count). The lowest BCUT2D eigenvalue weighted by Gasteiger charge is -2.07. The molecule has 2 aromatic heterocycles. The molecular weight excluding hydrogens is 398 g/mol. The lowest BCUT2D eigenvalue weighted by atomic mass is 10.2. The summed E-state index contributed by atoms with van der Waals surface area (Å²) in [6.45, 7) is 0.172. The Hall–Kier alpha value is -4.40. The number of H-pyrrole nitrogens is 1. The number of aromatic nitrogens is 3. The molecule has 9 nitrogen and oxygen atoms in total. The van der Waals surface area contributed by atoms with Crippen molar-refractivity contribution in [3.8, 4) is 17.1 Å². The first kappa shape index (κ1) is 19.9. The number of amides is 2. The van der Waals surface area contributed by atoms with Crippen molar-refractivity contribution in [3.63, 3.8) is 0 Å². The van der Waals surface area contributed by atoms with Gasteiger partial charge >= 0.3 is 0 Å². The summed E-state index contributed by atoms with van der Waals surface area (Å²) in [6.07, 6.45) is 1.42. The summed E-state index contributed by atoms with van der Waals surface area (Å²) in [6, 6.07) is 17.2. The van der Waals surface area contributed by atoms with Gasteiger partial charge in [0.15, 0.2) is 11.6 Å². The Morgan fingerprint density at radius 1 is 1.06 bits per heavy atom. The monoisotopic (exact) mass is 417 g/mol. The number of benzene rings is 2. The van der Waals surface area contributed by atoms with Crippen LogP contribution in [-0.2, 0) is 6.54 Å². The van der Waals surface area contributed by atoms with Gasteiger partial charge in [0.1, 0.15) is 11.6 Å². The first-order chi connectivity index (χ1) is 15.1. The molecule has 0 unspecified atom stereocenters. The van der Waals surface area contributed by atoms with Crippen LogP contribution in [0.5, 0.6) is 5.75 Å². The molecule has 0 radical (unpaired) electrons. The molecular formula is C22H19N5O4. The molecule has 0 aliphatic carbocycles. The van der Waals surface area contributed by atoms with E-state index in [9.17, 15) is 9.59 Å². The van der Waals surface area contributed by atoms with Crippen molar-refractivity contribution < 1.29 is 18.7 Å².